The van der Waals surface area contributed by atoms with E-state index >= 15 is 0 Å². The van der Waals surface area contributed by atoms with Gasteiger partial charge in [0.25, 0.3) is 5.91 Å². The molecule has 1 unspecified atom stereocenters. The third-order valence-electron chi connectivity index (χ3n) is 4.80. The number of carbonyl (C=O) groups is 1. The summed E-state index contributed by atoms with van der Waals surface area (Å²) < 4.78 is 6.85. The fourth-order valence-corrected chi connectivity index (χ4v) is 3.21. The zero-order valence-corrected chi connectivity index (χ0v) is 16.3. The number of rotatable bonds is 6. The number of nitrogens with one attached hydrogen (secondary N) is 1. The van der Waals surface area contributed by atoms with Crippen LogP contribution >= 0.6 is 0 Å². The van der Waals surface area contributed by atoms with Crippen molar-refractivity contribution in [1.29, 1.82) is 0 Å². The van der Waals surface area contributed by atoms with Crippen molar-refractivity contribution in [1.82, 2.24) is 9.47 Å². The minimum absolute atomic E-state index is 0.260. The van der Waals surface area contributed by atoms with Gasteiger partial charge in [-0.15, -0.1) is 0 Å². The Morgan fingerprint density at radius 1 is 1.24 bits per heavy atom. The summed E-state index contributed by atoms with van der Waals surface area (Å²) in [6.45, 7) is 1.19. The lowest BCUT2D eigenvalue weighted by molar-refractivity contribution is -0.110. The molecule has 1 amide bonds. The van der Waals surface area contributed by atoms with Crippen LogP contribution in [0.2, 0.25) is 0 Å². The van der Waals surface area contributed by atoms with Crippen LogP contribution in [0, 0.1) is 0 Å². The Balaban J connectivity index is 1.48. The second-order valence-corrected chi connectivity index (χ2v) is 7.21. The van der Waals surface area contributed by atoms with Gasteiger partial charge in [-0.25, -0.2) is 4.79 Å². The van der Waals surface area contributed by atoms with E-state index in [4.69, 9.17) is 9.25 Å². The zero-order valence-electron chi connectivity index (χ0n) is 16.3. The Bertz CT molecular complexity index is 1110. The summed E-state index contributed by atoms with van der Waals surface area (Å²) in [6, 6.07) is 14.8. The van der Waals surface area contributed by atoms with E-state index in [9.17, 15) is 9.59 Å². The molecule has 3 aromatic rings. The van der Waals surface area contributed by atoms with Crippen molar-refractivity contribution >= 4 is 28.4 Å². The van der Waals surface area contributed by atoms with Gasteiger partial charge in [0.2, 0.25) is 0 Å². The number of hydrogen-bond acceptors (Lipinski definition) is 6. The molecule has 0 bridgehead atoms. The monoisotopic (exact) mass is 394 g/mol. The minimum Gasteiger partial charge on any atom is -0.408 e. The maximum Gasteiger partial charge on any atom is 0.419 e. The molecule has 1 aliphatic heterocycles. The molecule has 2 heterocycles. The van der Waals surface area contributed by atoms with E-state index in [0.29, 0.717) is 42.0 Å². The highest BCUT2D eigenvalue weighted by atomic mass is 16.6. The molecule has 2 aromatic carbocycles. The molecule has 0 aliphatic carbocycles. The van der Waals surface area contributed by atoms with Gasteiger partial charge in [-0.3, -0.25) is 9.36 Å². The standard InChI is InChI=1S/C21H22N4O4/c1-24(2)10-11-25-17-12-15(8-9-18(17)28-21(25)27)22-20(26)16-13-19(29-23-16)14-6-4-3-5-7-14/h3-9,12,19H,10-11,13H2,1-2H3,(H,22,26). The summed E-state index contributed by atoms with van der Waals surface area (Å²) in [5.74, 6) is -0.738. The number of hydrogen-bond donors (Lipinski definition) is 1. The second-order valence-electron chi connectivity index (χ2n) is 7.21. The first-order chi connectivity index (χ1) is 14.0. The van der Waals surface area contributed by atoms with Crippen molar-refractivity contribution in [2.45, 2.75) is 19.1 Å². The summed E-state index contributed by atoms with van der Waals surface area (Å²) in [5, 5.41) is 6.78. The number of aromatic nitrogens is 1. The molecule has 0 fully saturated rings. The first-order valence-corrected chi connectivity index (χ1v) is 9.38. The smallest absolute Gasteiger partial charge is 0.408 e. The van der Waals surface area contributed by atoms with Gasteiger partial charge in [-0.2, -0.15) is 0 Å². The lowest BCUT2D eigenvalue weighted by Gasteiger charge is -2.10. The highest BCUT2D eigenvalue weighted by Gasteiger charge is 2.27. The Hall–Kier alpha value is -3.39. The second kappa shape index (κ2) is 7.92. The average molecular weight is 394 g/mol. The highest BCUT2D eigenvalue weighted by molar-refractivity contribution is 6.43. The van der Waals surface area contributed by atoms with E-state index in [1.165, 1.54) is 0 Å². The predicted octanol–water partition coefficient (Wildman–Crippen LogP) is 2.61. The Morgan fingerprint density at radius 3 is 2.79 bits per heavy atom. The van der Waals surface area contributed by atoms with Crippen LogP contribution in [0.1, 0.15) is 18.1 Å². The fraction of sp³-hybridized carbons (Fsp3) is 0.286. The zero-order chi connectivity index (χ0) is 20.4. The molecule has 1 aromatic heterocycles. The van der Waals surface area contributed by atoms with Gasteiger partial charge in [0.1, 0.15) is 5.71 Å². The molecule has 1 atom stereocenters. The van der Waals surface area contributed by atoms with Crippen LogP contribution in [0.25, 0.3) is 11.1 Å². The quantitative estimate of drug-likeness (QED) is 0.694. The minimum atomic E-state index is -0.412. The van der Waals surface area contributed by atoms with Crippen molar-refractivity contribution in [3.63, 3.8) is 0 Å². The molecule has 0 radical (unpaired) electrons. The number of oxime groups is 1. The van der Waals surface area contributed by atoms with E-state index in [-0.39, 0.29) is 12.0 Å². The number of amides is 1. The number of benzene rings is 2. The molecule has 0 saturated heterocycles. The molecule has 8 heteroatoms. The maximum atomic E-state index is 12.6. The van der Waals surface area contributed by atoms with Gasteiger partial charge in [0.05, 0.1) is 5.52 Å². The predicted molar refractivity (Wildman–Crippen MR) is 110 cm³/mol. The van der Waals surface area contributed by atoms with E-state index in [0.717, 1.165) is 5.56 Å². The maximum absolute atomic E-state index is 12.6. The Labute approximate surface area is 167 Å². The normalized spacial score (nSPS) is 16.1. The van der Waals surface area contributed by atoms with Crippen LogP contribution < -0.4 is 11.1 Å². The summed E-state index contributed by atoms with van der Waals surface area (Å²) in [6.07, 6.45) is 0.140. The van der Waals surface area contributed by atoms with Gasteiger partial charge in [-0.1, -0.05) is 35.5 Å². The van der Waals surface area contributed by atoms with Crippen molar-refractivity contribution in [3.05, 3.63) is 64.6 Å². The average Bonchev–Trinajstić information content (AvgIpc) is 3.31. The van der Waals surface area contributed by atoms with Gasteiger partial charge in [0.15, 0.2) is 11.7 Å². The highest BCUT2D eigenvalue weighted by Crippen LogP contribution is 2.27. The first-order valence-electron chi connectivity index (χ1n) is 9.38. The SMILES string of the molecule is CN(C)CCn1c(=O)oc2ccc(NC(=O)C3=NOC(c4ccccc4)C3)cc21. The van der Waals surface area contributed by atoms with Crippen molar-refractivity contribution in [3.8, 4) is 0 Å². The number of fused-ring (bicyclic) bond motifs is 1. The number of nitrogens with zero attached hydrogens (tertiary/aromatic N) is 3. The molecule has 0 spiro atoms. The summed E-state index contributed by atoms with van der Waals surface area (Å²) in [4.78, 5) is 32.1. The molecular weight excluding hydrogens is 372 g/mol. The molecule has 4 rings (SSSR count). The summed E-state index contributed by atoms with van der Waals surface area (Å²) in [7, 11) is 3.87. The van der Waals surface area contributed by atoms with Crippen molar-refractivity contribution in [2.75, 3.05) is 26.0 Å². The van der Waals surface area contributed by atoms with E-state index in [1.807, 2.05) is 49.3 Å². The molecule has 150 valence electrons. The van der Waals surface area contributed by atoms with E-state index in [1.54, 1.807) is 22.8 Å². The molecule has 8 nitrogen and oxygen atoms in total. The van der Waals surface area contributed by atoms with Gasteiger partial charge in [-0.05, 0) is 37.9 Å². The number of carbonyl (C=O) groups excluding carboxylic acids is 1. The molecule has 29 heavy (non-hydrogen) atoms. The summed E-state index contributed by atoms with van der Waals surface area (Å²) in [5.41, 5.74) is 2.99. The molecule has 1 N–H and O–H groups in total. The van der Waals surface area contributed by atoms with Crippen LogP contribution in [-0.4, -0.2) is 41.7 Å². The number of anilines is 1. The third-order valence-corrected chi connectivity index (χ3v) is 4.80. The fourth-order valence-electron chi connectivity index (χ4n) is 3.21. The van der Waals surface area contributed by atoms with Crippen LogP contribution in [0.15, 0.2) is 62.9 Å². The number of likely N-dealkylation sites (N-methyl/N-ethyl adjacent to an activating group) is 1. The summed E-state index contributed by atoms with van der Waals surface area (Å²) >= 11 is 0. The van der Waals surface area contributed by atoms with Crippen molar-refractivity contribution in [2.24, 2.45) is 5.16 Å². The van der Waals surface area contributed by atoms with Gasteiger partial charge in [0, 0.05) is 25.2 Å². The molecule has 0 saturated carbocycles. The van der Waals surface area contributed by atoms with E-state index in [2.05, 4.69) is 10.5 Å². The molecular formula is C21H22N4O4. The lowest BCUT2D eigenvalue weighted by Crippen LogP contribution is -2.24. The molecule has 1 aliphatic rings. The van der Waals surface area contributed by atoms with Crippen LogP contribution in [-0.2, 0) is 16.2 Å². The number of oxazole rings is 1. The van der Waals surface area contributed by atoms with Gasteiger partial charge < -0.3 is 19.5 Å². The topological polar surface area (TPSA) is 89.1 Å². The van der Waals surface area contributed by atoms with E-state index < -0.39 is 5.76 Å². The Kier molecular flexibility index (Phi) is 5.18. The van der Waals surface area contributed by atoms with Crippen LogP contribution in [0.4, 0.5) is 5.69 Å². The van der Waals surface area contributed by atoms with Crippen molar-refractivity contribution < 1.29 is 14.0 Å². The largest absolute Gasteiger partial charge is 0.419 e. The lowest BCUT2D eigenvalue weighted by atomic mass is 10.0. The van der Waals surface area contributed by atoms with Crippen LogP contribution in [0.3, 0.4) is 0 Å². The first kappa shape index (κ1) is 18.9. The Morgan fingerprint density at radius 2 is 2.03 bits per heavy atom. The van der Waals surface area contributed by atoms with Gasteiger partial charge >= 0.3 is 5.76 Å². The van der Waals surface area contributed by atoms with Crippen LogP contribution in [0.5, 0.6) is 0 Å². The third kappa shape index (κ3) is 4.07.